The summed E-state index contributed by atoms with van der Waals surface area (Å²) in [6, 6.07) is 7.33. The lowest BCUT2D eigenvalue weighted by Gasteiger charge is -2.12. The molecule has 21 heavy (non-hydrogen) atoms. The van der Waals surface area contributed by atoms with Gasteiger partial charge >= 0.3 is 5.97 Å². The quantitative estimate of drug-likeness (QED) is 0.721. The molecule has 0 aliphatic heterocycles. The monoisotopic (exact) mass is 291 g/mol. The van der Waals surface area contributed by atoms with Crippen LogP contribution in [0.15, 0.2) is 30.3 Å². The Morgan fingerprint density at radius 3 is 2.52 bits per heavy atom. The molecule has 0 aromatic heterocycles. The van der Waals surface area contributed by atoms with Gasteiger partial charge in [0.25, 0.3) is 0 Å². The van der Waals surface area contributed by atoms with Crippen molar-refractivity contribution in [2.75, 3.05) is 13.7 Å². The summed E-state index contributed by atoms with van der Waals surface area (Å²) < 4.78 is 5.05. The third-order valence-electron chi connectivity index (χ3n) is 3.15. The first-order chi connectivity index (χ1) is 10.0. The highest BCUT2D eigenvalue weighted by Gasteiger charge is 2.11. The molecular weight excluding hydrogens is 270 g/mol. The van der Waals surface area contributed by atoms with Gasteiger partial charge in [-0.25, -0.2) is 0 Å². The summed E-state index contributed by atoms with van der Waals surface area (Å²) in [7, 11) is 1.60. The average Bonchev–Trinajstić information content (AvgIpc) is 2.49. The molecule has 114 valence electrons. The Labute approximate surface area is 124 Å². The second kappa shape index (κ2) is 8.79. The van der Waals surface area contributed by atoms with Crippen LogP contribution in [0.25, 0.3) is 6.08 Å². The summed E-state index contributed by atoms with van der Waals surface area (Å²) in [5.41, 5.74) is 0.892. The van der Waals surface area contributed by atoms with Gasteiger partial charge in [0.1, 0.15) is 5.75 Å². The first-order valence-corrected chi connectivity index (χ1v) is 6.87. The maximum Gasteiger partial charge on any atom is 0.303 e. The van der Waals surface area contributed by atoms with Gasteiger partial charge in [-0.3, -0.25) is 9.59 Å². The molecule has 5 heteroatoms. The molecule has 0 saturated heterocycles. The zero-order valence-corrected chi connectivity index (χ0v) is 12.3. The van der Waals surface area contributed by atoms with Gasteiger partial charge in [0.05, 0.1) is 7.11 Å². The fourth-order valence-electron chi connectivity index (χ4n) is 1.80. The van der Waals surface area contributed by atoms with Crippen LogP contribution < -0.4 is 10.1 Å². The normalized spacial score (nSPS) is 12.1. The molecule has 2 N–H and O–H groups in total. The summed E-state index contributed by atoms with van der Waals surface area (Å²) in [5, 5.41) is 11.5. The van der Waals surface area contributed by atoms with Crippen molar-refractivity contribution in [1.29, 1.82) is 0 Å². The highest BCUT2D eigenvalue weighted by Crippen LogP contribution is 2.12. The van der Waals surface area contributed by atoms with Gasteiger partial charge in [0.2, 0.25) is 5.91 Å². The average molecular weight is 291 g/mol. The van der Waals surface area contributed by atoms with E-state index >= 15 is 0 Å². The Hall–Kier alpha value is -2.30. The number of ether oxygens (including phenoxy) is 1. The van der Waals surface area contributed by atoms with Gasteiger partial charge in [-0.1, -0.05) is 25.5 Å². The van der Waals surface area contributed by atoms with Crippen LogP contribution >= 0.6 is 0 Å². The summed E-state index contributed by atoms with van der Waals surface area (Å²) in [6.07, 6.45) is 3.93. The largest absolute Gasteiger partial charge is 0.497 e. The van der Waals surface area contributed by atoms with E-state index in [1.54, 1.807) is 13.2 Å². The van der Waals surface area contributed by atoms with Gasteiger partial charge < -0.3 is 15.2 Å². The highest BCUT2D eigenvalue weighted by atomic mass is 16.5. The van der Waals surface area contributed by atoms with Crippen molar-refractivity contribution in [3.05, 3.63) is 35.9 Å². The van der Waals surface area contributed by atoms with E-state index in [9.17, 15) is 9.59 Å². The molecule has 1 amide bonds. The van der Waals surface area contributed by atoms with Crippen molar-refractivity contribution in [3.63, 3.8) is 0 Å². The fourth-order valence-corrected chi connectivity index (χ4v) is 1.80. The predicted octanol–water partition coefficient (Wildman–Crippen LogP) is 2.33. The molecule has 0 saturated carbocycles. The molecule has 1 aromatic carbocycles. The molecule has 0 aliphatic rings. The first-order valence-electron chi connectivity index (χ1n) is 6.87. The van der Waals surface area contributed by atoms with E-state index in [0.717, 1.165) is 17.7 Å². The molecule has 0 fully saturated rings. The number of carbonyl (C=O) groups is 2. The minimum atomic E-state index is -0.843. The second-order valence-electron chi connectivity index (χ2n) is 4.72. The lowest BCUT2D eigenvalue weighted by atomic mass is 10.0. The molecule has 0 heterocycles. The zero-order valence-electron chi connectivity index (χ0n) is 12.3. The van der Waals surface area contributed by atoms with E-state index in [1.165, 1.54) is 6.08 Å². The molecule has 5 nitrogen and oxygen atoms in total. The van der Waals surface area contributed by atoms with Crippen molar-refractivity contribution in [2.24, 2.45) is 5.92 Å². The maximum atomic E-state index is 11.7. The molecule has 0 radical (unpaired) electrons. The van der Waals surface area contributed by atoms with Crippen LogP contribution in [0.4, 0.5) is 0 Å². The van der Waals surface area contributed by atoms with E-state index in [4.69, 9.17) is 9.84 Å². The van der Waals surface area contributed by atoms with E-state index in [2.05, 4.69) is 5.32 Å². The molecule has 0 bridgehead atoms. The lowest BCUT2D eigenvalue weighted by molar-refractivity contribution is -0.138. The Morgan fingerprint density at radius 1 is 1.33 bits per heavy atom. The molecule has 1 unspecified atom stereocenters. The molecule has 0 spiro atoms. The van der Waals surface area contributed by atoms with Gasteiger partial charge in [-0.15, -0.1) is 0 Å². The third-order valence-corrected chi connectivity index (χ3v) is 3.15. The van der Waals surface area contributed by atoms with Gasteiger partial charge in [-0.05, 0) is 29.7 Å². The van der Waals surface area contributed by atoms with E-state index in [-0.39, 0.29) is 18.2 Å². The number of rotatable bonds is 8. The topological polar surface area (TPSA) is 75.6 Å². The first kappa shape index (κ1) is 16.8. The van der Waals surface area contributed by atoms with Crippen LogP contribution in [0.2, 0.25) is 0 Å². The zero-order chi connectivity index (χ0) is 15.7. The Bertz CT molecular complexity index is 494. The van der Waals surface area contributed by atoms with Crippen LogP contribution in [0.1, 0.15) is 25.3 Å². The van der Waals surface area contributed by atoms with Crippen LogP contribution in [-0.2, 0) is 9.59 Å². The number of carbonyl (C=O) groups excluding carboxylic acids is 1. The summed E-state index contributed by atoms with van der Waals surface area (Å²) in [6.45, 7) is 2.28. The number of hydrogen-bond donors (Lipinski definition) is 2. The van der Waals surface area contributed by atoms with Crippen molar-refractivity contribution < 1.29 is 19.4 Å². The maximum absolute atomic E-state index is 11.7. The molecule has 1 atom stereocenters. The predicted molar refractivity (Wildman–Crippen MR) is 81.1 cm³/mol. The number of aliphatic carboxylic acids is 1. The van der Waals surface area contributed by atoms with Crippen molar-refractivity contribution in [2.45, 2.75) is 19.8 Å². The molecular formula is C16H21NO4. The van der Waals surface area contributed by atoms with Gasteiger partial charge in [-0.2, -0.15) is 0 Å². The van der Waals surface area contributed by atoms with Crippen LogP contribution in [-0.4, -0.2) is 30.6 Å². The van der Waals surface area contributed by atoms with Crippen LogP contribution in [0.3, 0.4) is 0 Å². The molecule has 0 aliphatic carbocycles. The van der Waals surface area contributed by atoms with Crippen LogP contribution in [0, 0.1) is 5.92 Å². The van der Waals surface area contributed by atoms with Crippen molar-refractivity contribution in [1.82, 2.24) is 5.32 Å². The van der Waals surface area contributed by atoms with E-state index in [1.807, 2.05) is 31.2 Å². The molecule has 1 rings (SSSR count). The third kappa shape index (κ3) is 6.61. The standard InChI is InChI=1S/C16H21NO4/c1-3-12(10-16(19)20)11-17-15(18)9-6-13-4-7-14(21-2)8-5-13/h4-9,12H,3,10-11H2,1-2H3,(H,17,18)(H,19,20)/b9-6+. The van der Waals surface area contributed by atoms with Crippen molar-refractivity contribution >= 4 is 18.0 Å². The van der Waals surface area contributed by atoms with E-state index < -0.39 is 5.97 Å². The summed E-state index contributed by atoms with van der Waals surface area (Å²) in [5.74, 6) is -0.351. The number of carboxylic acid groups (broad SMARTS) is 1. The second-order valence-corrected chi connectivity index (χ2v) is 4.72. The summed E-state index contributed by atoms with van der Waals surface area (Å²) >= 11 is 0. The minimum absolute atomic E-state index is 0.0409. The lowest BCUT2D eigenvalue weighted by Crippen LogP contribution is -2.28. The minimum Gasteiger partial charge on any atom is -0.497 e. The Kier molecular flexibility index (Phi) is 7.01. The highest BCUT2D eigenvalue weighted by molar-refractivity contribution is 5.91. The van der Waals surface area contributed by atoms with Gasteiger partial charge in [0.15, 0.2) is 0 Å². The number of nitrogens with one attached hydrogen (secondary N) is 1. The fraction of sp³-hybridized carbons (Fsp3) is 0.375. The molecule has 1 aromatic rings. The number of hydrogen-bond acceptors (Lipinski definition) is 3. The Morgan fingerprint density at radius 2 is 2.00 bits per heavy atom. The number of methoxy groups -OCH3 is 1. The van der Waals surface area contributed by atoms with Crippen LogP contribution in [0.5, 0.6) is 5.75 Å². The SMILES string of the molecule is CCC(CNC(=O)/C=C/c1ccc(OC)cc1)CC(=O)O. The van der Waals surface area contributed by atoms with E-state index in [0.29, 0.717) is 6.54 Å². The number of benzene rings is 1. The van der Waals surface area contributed by atoms with Crippen molar-refractivity contribution in [3.8, 4) is 5.75 Å². The summed E-state index contributed by atoms with van der Waals surface area (Å²) in [4.78, 5) is 22.3. The number of carboxylic acids is 1. The Balaban J connectivity index is 2.44. The smallest absolute Gasteiger partial charge is 0.303 e. The van der Waals surface area contributed by atoms with Gasteiger partial charge in [0, 0.05) is 19.0 Å². The number of amides is 1.